The highest BCUT2D eigenvalue weighted by atomic mass is 16.7. The van der Waals surface area contributed by atoms with Crippen LogP contribution >= 0.6 is 0 Å². The Hall–Kier alpha value is -0.810. The van der Waals surface area contributed by atoms with Crippen LogP contribution in [0.2, 0.25) is 0 Å². The molecule has 0 aromatic heterocycles. The molecule has 0 bridgehead atoms. The van der Waals surface area contributed by atoms with Crippen LogP contribution in [0.25, 0.3) is 0 Å². The first-order valence-electron chi connectivity index (χ1n) is 8.19. The number of nitrogens with one attached hydrogen (secondary N) is 1. The number of likely N-dealkylation sites (tertiary alicyclic amines) is 1. The van der Waals surface area contributed by atoms with Crippen molar-refractivity contribution < 1.29 is 9.57 Å². The Kier molecular flexibility index (Phi) is 5.14. The minimum Gasteiger partial charge on any atom is -0.470 e. The second-order valence-corrected chi connectivity index (χ2v) is 6.28. The summed E-state index contributed by atoms with van der Waals surface area (Å²) in [5.41, 5.74) is 0. The zero-order valence-corrected chi connectivity index (χ0v) is 12.4. The normalized spacial score (nSPS) is 29.4. The fourth-order valence-electron chi connectivity index (χ4n) is 3.38. The lowest BCUT2D eigenvalue weighted by Crippen LogP contribution is -2.42. The predicted octanol–water partition coefficient (Wildman–Crippen LogP) is 1.59. The number of piperidine rings is 2. The van der Waals surface area contributed by atoms with E-state index in [1.807, 2.05) is 0 Å². The average Bonchev–Trinajstić information content (AvgIpc) is 2.50. The Labute approximate surface area is 121 Å². The van der Waals surface area contributed by atoms with Crippen LogP contribution in [0, 0.1) is 5.92 Å². The van der Waals surface area contributed by atoms with E-state index < -0.39 is 0 Å². The van der Waals surface area contributed by atoms with Crippen LogP contribution in [-0.4, -0.2) is 56.2 Å². The number of oxime groups is 1. The summed E-state index contributed by atoms with van der Waals surface area (Å²) in [4.78, 5) is 7.90. The largest absolute Gasteiger partial charge is 0.470 e. The molecule has 3 rings (SSSR count). The molecule has 1 atom stereocenters. The van der Waals surface area contributed by atoms with Gasteiger partial charge in [-0.2, -0.15) is 0 Å². The molecule has 0 aromatic carbocycles. The minimum absolute atomic E-state index is 0.169. The van der Waals surface area contributed by atoms with E-state index in [9.17, 15) is 0 Å². The SMILES string of the molecule is C1CCN(CC2CON=C(CC3CCNCC3)O2)CC1. The van der Waals surface area contributed by atoms with Gasteiger partial charge in [-0.05, 0) is 57.8 Å². The van der Waals surface area contributed by atoms with Crippen LogP contribution in [-0.2, 0) is 9.57 Å². The second-order valence-electron chi connectivity index (χ2n) is 6.28. The maximum atomic E-state index is 6.05. The number of hydrogen-bond acceptors (Lipinski definition) is 5. The van der Waals surface area contributed by atoms with Gasteiger partial charge in [0.2, 0.25) is 5.90 Å². The van der Waals surface area contributed by atoms with Gasteiger partial charge in [-0.3, -0.25) is 4.90 Å². The average molecular weight is 281 g/mol. The van der Waals surface area contributed by atoms with E-state index in [4.69, 9.17) is 9.57 Å². The standard InChI is InChI=1S/C15H27N3O2/c1-2-8-18(9-3-1)11-14-12-19-17-15(20-14)10-13-4-6-16-7-5-13/h13-14,16H,1-12H2. The Balaban J connectivity index is 1.44. The maximum Gasteiger partial charge on any atom is 0.226 e. The van der Waals surface area contributed by atoms with Crippen molar-refractivity contribution in [1.82, 2.24) is 10.2 Å². The summed E-state index contributed by atoms with van der Waals surface area (Å²) in [5, 5.41) is 7.52. The Morgan fingerprint density at radius 2 is 1.95 bits per heavy atom. The van der Waals surface area contributed by atoms with Crippen LogP contribution in [0.5, 0.6) is 0 Å². The van der Waals surface area contributed by atoms with Gasteiger partial charge in [0.15, 0.2) is 6.61 Å². The molecule has 0 aromatic rings. The van der Waals surface area contributed by atoms with Gasteiger partial charge >= 0.3 is 0 Å². The van der Waals surface area contributed by atoms with Crippen molar-refractivity contribution in [2.24, 2.45) is 11.1 Å². The molecule has 0 radical (unpaired) electrons. The van der Waals surface area contributed by atoms with Crippen LogP contribution in [0.1, 0.15) is 38.5 Å². The predicted molar refractivity (Wildman–Crippen MR) is 78.8 cm³/mol. The van der Waals surface area contributed by atoms with Crippen molar-refractivity contribution in [2.45, 2.75) is 44.6 Å². The first-order valence-corrected chi connectivity index (χ1v) is 8.19. The number of ether oxygens (including phenoxy) is 1. The van der Waals surface area contributed by atoms with Crippen LogP contribution < -0.4 is 5.32 Å². The van der Waals surface area contributed by atoms with Crippen molar-refractivity contribution in [1.29, 1.82) is 0 Å². The minimum atomic E-state index is 0.169. The molecule has 2 saturated heterocycles. The first kappa shape index (κ1) is 14.1. The topological polar surface area (TPSA) is 46.1 Å². The van der Waals surface area contributed by atoms with E-state index in [2.05, 4.69) is 15.4 Å². The third kappa shape index (κ3) is 4.09. The van der Waals surface area contributed by atoms with E-state index in [-0.39, 0.29) is 6.10 Å². The molecule has 1 N–H and O–H groups in total. The highest BCUT2D eigenvalue weighted by Crippen LogP contribution is 2.20. The van der Waals surface area contributed by atoms with Gasteiger partial charge in [0.1, 0.15) is 6.10 Å². The van der Waals surface area contributed by atoms with E-state index in [1.165, 1.54) is 45.2 Å². The molecule has 5 heteroatoms. The molecule has 3 aliphatic heterocycles. The number of hydrogen-bond donors (Lipinski definition) is 1. The molecule has 1 unspecified atom stereocenters. The quantitative estimate of drug-likeness (QED) is 0.850. The zero-order chi connectivity index (χ0) is 13.6. The van der Waals surface area contributed by atoms with Crippen LogP contribution in [0.15, 0.2) is 5.16 Å². The molecule has 20 heavy (non-hydrogen) atoms. The molecular formula is C15H27N3O2. The summed E-state index contributed by atoms with van der Waals surface area (Å²) in [6.45, 7) is 6.25. The summed E-state index contributed by atoms with van der Waals surface area (Å²) in [7, 11) is 0. The summed E-state index contributed by atoms with van der Waals surface area (Å²) >= 11 is 0. The first-order chi connectivity index (χ1) is 9.90. The highest BCUT2D eigenvalue weighted by molar-refractivity contribution is 5.76. The molecule has 2 fully saturated rings. The fraction of sp³-hybridized carbons (Fsp3) is 0.933. The van der Waals surface area contributed by atoms with Crippen molar-refractivity contribution >= 4 is 5.90 Å². The van der Waals surface area contributed by atoms with Crippen molar-refractivity contribution in [3.8, 4) is 0 Å². The maximum absolute atomic E-state index is 6.05. The zero-order valence-electron chi connectivity index (χ0n) is 12.4. The van der Waals surface area contributed by atoms with Crippen molar-refractivity contribution in [3.05, 3.63) is 0 Å². The Bertz CT molecular complexity index is 323. The van der Waals surface area contributed by atoms with Gasteiger partial charge in [0.25, 0.3) is 0 Å². The smallest absolute Gasteiger partial charge is 0.226 e. The number of rotatable bonds is 4. The lowest BCUT2D eigenvalue weighted by atomic mass is 9.94. The van der Waals surface area contributed by atoms with Gasteiger partial charge in [0.05, 0.1) is 0 Å². The van der Waals surface area contributed by atoms with E-state index in [1.54, 1.807) is 0 Å². The summed E-state index contributed by atoms with van der Waals surface area (Å²) < 4.78 is 6.05. The van der Waals surface area contributed by atoms with E-state index in [0.29, 0.717) is 12.5 Å². The van der Waals surface area contributed by atoms with E-state index in [0.717, 1.165) is 32.0 Å². The summed E-state index contributed by atoms with van der Waals surface area (Å²) in [6.07, 6.45) is 7.58. The Morgan fingerprint density at radius 1 is 1.15 bits per heavy atom. The van der Waals surface area contributed by atoms with Gasteiger partial charge in [-0.1, -0.05) is 11.6 Å². The molecule has 114 valence electrons. The van der Waals surface area contributed by atoms with Gasteiger partial charge in [-0.15, -0.1) is 0 Å². The fourth-order valence-corrected chi connectivity index (χ4v) is 3.38. The molecule has 0 saturated carbocycles. The summed E-state index contributed by atoms with van der Waals surface area (Å²) in [5.74, 6) is 1.53. The molecule has 0 spiro atoms. The Morgan fingerprint density at radius 3 is 2.75 bits per heavy atom. The monoisotopic (exact) mass is 281 g/mol. The van der Waals surface area contributed by atoms with E-state index >= 15 is 0 Å². The lowest BCUT2D eigenvalue weighted by Gasteiger charge is -2.32. The van der Waals surface area contributed by atoms with Crippen LogP contribution in [0.4, 0.5) is 0 Å². The van der Waals surface area contributed by atoms with Crippen LogP contribution in [0.3, 0.4) is 0 Å². The molecular weight excluding hydrogens is 254 g/mol. The third-order valence-corrected chi connectivity index (χ3v) is 4.56. The number of nitrogens with zero attached hydrogens (tertiary/aromatic N) is 2. The second kappa shape index (κ2) is 7.27. The highest BCUT2D eigenvalue weighted by Gasteiger charge is 2.25. The molecule has 5 nitrogen and oxygen atoms in total. The third-order valence-electron chi connectivity index (χ3n) is 4.56. The summed E-state index contributed by atoms with van der Waals surface area (Å²) in [6, 6.07) is 0. The van der Waals surface area contributed by atoms with Gasteiger partial charge in [0, 0.05) is 13.0 Å². The molecule has 3 heterocycles. The van der Waals surface area contributed by atoms with Crippen molar-refractivity contribution in [2.75, 3.05) is 39.3 Å². The van der Waals surface area contributed by atoms with Gasteiger partial charge in [-0.25, -0.2) is 0 Å². The van der Waals surface area contributed by atoms with Gasteiger partial charge < -0.3 is 14.9 Å². The molecule has 3 aliphatic rings. The van der Waals surface area contributed by atoms with Crippen molar-refractivity contribution in [3.63, 3.8) is 0 Å². The molecule has 0 aliphatic carbocycles. The molecule has 0 amide bonds. The lowest BCUT2D eigenvalue weighted by molar-refractivity contribution is -0.0129.